The van der Waals surface area contributed by atoms with Gasteiger partial charge in [0.25, 0.3) is 0 Å². The lowest BCUT2D eigenvalue weighted by Gasteiger charge is -2.35. The second kappa shape index (κ2) is 15.6. The van der Waals surface area contributed by atoms with Crippen LogP contribution in [0.4, 0.5) is 0 Å². The summed E-state index contributed by atoms with van der Waals surface area (Å²) >= 11 is 1.02. The molecule has 1 atom stereocenters. The Labute approximate surface area is 202 Å². The number of carbonyl (C=O) groups excluding carboxylic acids is 1. The molecular weight excluding hydrogens is 472 g/mol. The van der Waals surface area contributed by atoms with Crippen LogP contribution in [0.25, 0.3) is 0 Å². The molecule has 0 amide bonds. The van der Waals surface area contributed by atoms with E-state index < -0.39 is 29.9 Å². The Morgan fingerprint density at radius 2 is 1.03 bits per heavy atom. The highest BCUT2D eigenvalue weighted by atomic mass is 32.2. The number of thioether (sulfide) groups is 1. The number of aliphatic carboxylic acids is 4. The molecule has 194 valence electrons. The third kappa shape index (κ3) is 12.3. The van der Waals surface area contributed by atoms with Crippen molar-refractivity contribution in [2.45, 2.75) is 18.9 Å². The molecule has 1 unspecified atom stereocenters. The van der Waals surface area contributed by atoms with Gasteiger partial charge in [-0.25, -0.2) is 0 Å². The molecule has 4 N–H and O–H groups in total. The summed E-state index contributed by atoms with van der Waals surface area (Å²) in [6.45, 7) is 0.970. The number of hydrogen-bond donors (Lipinski definition) is 4. The summed E-state index contributed by atoms with van der Waals surface area (Å²) < 4.78 is 0. The maximum absolute atomic E-state index is 12.0. The van der Waals surface area contributed by atoms with E-state index in [1.807, 2.05) is 0 Å². The van der Waals surface area contributed by atoms with Crippen LogP contribution in [0.1, 0.15) is 12.8 Å². The molecule has 1 rings (SSSR count). The number of rotatable bonds is 11. The molecule has 0 spiro atoms. The molecule has 14 heteroatoms. The fourth-order valence-electron chi connectivity index (χ4n) is 3.73. The average molecular weight is 507 g/mol. The first-order valence-electron chi connectivity index (χ1n) is 10.9. The largest absolute Gasteiger partial charge is 0.480 e. The lowest BCUT2D eigenvalue weighted by atomic mass is 10.1. The zero-order chi connectivity index (χ0) is 25.7. The Bertz CT molecular complexity index is 692. The predicted octanol–water partition coefficient (Wildman–Crippen LogP) is -1.42. The third-order valence-corrected chi connectivity index (χ3v) is 6.18. The van der Waals surface area contributed by atoms with Crippen molar-refractivity contribution in [2.24, 2.45) is 0 Å². The average Bonchev–Trinajstić information content (AvgIpc) is 2.73. The van der Waals surface area contributed by atoms with Gasteiger partial charge in [-0.2, -0.15) is 0 Å². The van der Waals surface area contributed by atoms with E-state index in [1.165, 1.54) is 0 Å². The first-order chi connectivity index (χ1) is 16.0. The van der Waals surface area contributed by atoms with Gasteiger partial charge in [-0.15, -0.1) is 0 Å². The normalized spacial score (nSPS) is 19.0. The van der Waals surface area contributed by atoms with Crippen molar-refractivity contribution >= 4 is 40.8 Å². The van der Waals surface area contributed by atoms with Crippen molar-refractivity contribution in [1.82, 2.24) is 19.6 Å². The monoisotopic (exact) mass is 506 g/mol. The summed E-state index contributed by atoms with van der Waals surface area (Å²) in [5.74, 6) is -4.27. The van der Waals surface area contributed by atoms with E-state index in [0.29, 0.717) is 0 Å². The summed E-state index contributed by atoms with van der Waals surface area (Å²) in [6, 6.07) is -0.985. The number of hydrogen-bond acceptors (Lipinski definition) is 10. The Morgan fingerprint density at radius 3 is 1.32 bits per heavy atom. The summed E-state index contributed by atoms with van der Waals surface area (Å²) in [5, 5.41) is 37.4. The minimum atomic E-state index is -1.11. The van der Waals surface area contributed by atoms with Crippen molar-refractivity contribution in [3.63, 3.8) is 0 Å². The predicted molar refractivity (Wildman–Crippen MR) is 123 cm³/mol. The van der Waals surface area contributed by atoms with E-state index >= 15 is 0 Å². The van der Waals surface area contributed by atoms with Gasteiger partial charge in [0.15, 0.2) is 5.12 Å². The van der Waals surface area contributed by atoms with Gasteiger partial charge in [-0.05, 0) is 12.7 Å². The standard InChI is InChI=1S/C20H34N4O9S/c1-34-19(31)3-2-15(20(32)33)24-10-8-22(13-17(27)28)6-4-21(12-16(25)26)5-7-23(9-11-24)14-18(29)30/h15H,2-14H2,1H3,(H,25,26)(H,27,28)(H,29,30)(H,32,33). The quantitative estimate of drug-likeness (QED) is 0.256. The highest BCUT2D eigenvalue weighted by molar-refractivity contribution is 8.13. The van der Waals surface area contributed by atoms with E-state index in [4.69, 9.17) is 0 Å². The second-order valence-electron chi connectivity index (χ2n) is 8.01. The van der Waals surface area contributed by atoms with Gasteiger partial charge in [-0.1, -0.05) is 11.8 Å². The molecule has 0 aliphatic carbocycles. The van der Waals surface area contributed by atoms with Crippen LogP contribution < -0.4 is 0 Å². The Morgan fingerprint density at radius 1 is 0.676 bits per heavy atom. The molecule has 1 saturated heterocycles. The van der Waals surface area contributed by atoms with Crippen LogP contribution in [-0.2, 0) is 24.0 Å². The lowest BCUT2D eigenvalue weighted by molar-refractivity contribution is -0.145. The Hall–Kier alpha value is -2.26. The topological polar surface area (TPSA) is 179 Å². The van der Waals surface area contributed by atoms with Crippen LogP contribution >= 0.6 is 11.8 Å². The highest BCUT2D eigenvalue weighted by Crippen LogP contribution is 2.13. The third-order valence-electron chi connectivity index (χ3n) is 5.52. The maximum Gasteiger partial charge on any atom is 0.320 e. The molecule has 0 aromatic carbocycles. The molecule has 0 saturated carbocycles. The van der Waals surface area contributed by atoms with Gasteiger partial charge in [-0.3, -0.25) is 43.6 Å². The molecule has 0 bridgehead atoms. The lowest BCUT2D eigenvalue weighted by Crippen LogP contribution is -2.51. The fourth-order valence-corrected chi connectivity index (χ4v) is 4.05. The van der Waals surface area contributed by atoms with E-state index in [0.717, 1.165) is 11.8 Å². The first kappa shape index (κ1) is 29.8. The van der Waals surface area contributed by atoms with Crippen LogP contribution in [0.3, 0.4) is 0 Å². The second-order valence-corrected chi connectivity index (χ2v) is 8.88. The molecule has 0 radical (unpaired) electrons. The van der Waals surface area contributed by atoms with Crippen LogP contribution in [0.15, 0.2) is 0 Å². The Kier molecular flexibility index (Phi) is 13.7. The van der Waals surface area contributed by atoms with E-state index in [9.17, 15) is 44.4 Å². The summed E-state index contributed by atoms with van der Waals surface area (Å²) in [7, 11) is 0. The summed E-state index contributed by atoms with van der Waals surface area (Å²) in [5.41, 5.74) is 0. The fraction of sp³-hybridized carbons (Fsp3) is 0.750. The smallest absolute Gasteiger partial charge is 0.320 e. The first-order valence-corrected chi connectivity index (χ1v) is 12.1. The molecule has 0 aromatic heterocycles. The van der Waals surface area contributed by atoms with Crippen LogP contribution in [0.5, 0.6) is 0 Å². The SMILES string of the molecule is CSC(=O)CCC(C(=O)O)N1CCN(CC(=O)O)CCN(CC(=O)O)CCN(CC(=O)O)CC1. The zero-order valence-electron chi connectivity index (χ0n) is 19.3. The van der Waals surface area contributed by atoms with Gasteiger partial charge in [0, 0.05) is 58.8 Å². The summed E-state index contributed by atoms with van der Waals surface area (Å²) in [6.07, 6.45) is 1.77. The molecule has 13 nitrogen and oxygen atoms in total. The molecular formula is C20H34N4O9S. The van der Waals surface area contributed by atoms with E-state index in [1.54, 1.807) is 25.9 Å². The number of carboxylic acids is 4. The van der Waals surface area contributed by atoms with Gasteiger partial charge in [0.05, 0.1) is 19.6 Å². The molecule has 1 heterocycles. The van der Waals surface area contributed by atoms with Crippen LogP contribution in [0, 0.1) is 0 Å². The Balaban J connectivity index is 3.11. The minimum Gasteiger partial charge on any atom is -0.480 e. The van der Waals surface area contributed by atoms with Gasteiger partial charge < -0.3 is 20.4 Å². The highest BCUT2D eigenvalue weighted by Gasteiger charge is 2.28. The number of nitrogens with zero attached hydrogens (tertiary/aromatic N) is 4. The number of carboxylic acid groups (broad SMARTS) is 4. The molecule has 1 aliphatic rings. The molecule has 1 fully saturated rings. The van der Waals surface area contributed by atoms with E-state index in [2.05, 4.69) is 0 Å². The van der Waals surface area contributed by atoms with E-state index in [-0.39, 0.29) is 89.9 Å². The van der Waals surface area contributed by atoms with Crippen molar-refractivity contribution in [1.29, 1.82) is 0 Å². The summed E-state index contributed by atoms with van der Waals surface area (Å²) in [4.78, 5) is 64.1. The van der Waals surface area contributed by atoms with Crippen molar-refractivity contribution in [3.05, 3.63) is 0 Å². The van der Waals surface area contributed by atoms with Crippen LogP contribution in [-0.4, -0.2) is 153 Å². The van der Waals surface area contributed by atoms with Crippen molar-refractivity contribution in [2.75, 3.05) is 78.2 Å². The zero-order valence-corrected chi connectivity index (χ0v) is 20.1. The maximum atomic E-state index is 12.0. The van der Waals surface area contributed by atoms with Crippen LogP contribution in [0.2, 0.25) is 0 Å². The molecule has 1 aliphatic heterocycles. The molecule has 34 heavy (non-hydrogen) atoms. The van der Waals surface area contributed by atoms with Crippen molar-refractivity contribution < 1.29 is 44.4 Å². The minimum absolute atomic E-state index is 0.0659. The molecule has 0 aromatic rings. The van der Waals surface area contributed by atoms with Gasteiger partial charge in [0.2, 0.25) is 0 Å². The van der Waals surface area contributed by atoms with Crippen molar-refractivity contribution in [3.8, 4) is 0 Å². The van der Waals surface area contributed by atoms with Gasteiger partial charge in [0.1, 0.15) is 6.04 Å². The number of carbonyl (C=O) groups is 5. The van der Waals surface area contributed by atoms with Gasteiger partial charge >= 0.3 is 23.9 Å².